The van der Waals surface area contributed by atoms with E-state index in [9.17, 15) is 14.2 Å². The zero-order chi connectivity index (χ0) is 26.5. The molecule has 36 heavy (non-hydrogen) atoms. The molecule has 0 unspecified atom stereocenters. The first kappa shape index (κ1) is 27.4. The molecule has 0 saturated carbocycles. The monoisotopic (exact) mass is 536 g/mol. The van der Waals surface area contributed by atoms with Crippen molar-refractivity contribution < 1.29 is 37.6 Å². The largest absolute Gasteiger partial charge is 0.497 e. The number of fused-ring (bicyclic) bond motifs is 1. The minimum Gasteiger partial charge on any atom is -0.497 e. The van der Waals surface area contributed by atoms with E-state index in [1.807, 2.05) is 0 Å². The Bertz CT molecular complexity index is 1350. The topological polar surface area (TPSA) is 178 Å². The Morgan fingerprint density at radius 2 is 2.08 bits per heavy atom. The van der Waals surface area contributed by atoms with Crippen molar-refractivity contribution in [2.24, 2.45) is 0 Å². The zero-order valence-corrected chi connectivity index (χ0v) is 21.4. The van der Waals surface area contributed by atoms with Crippen molar-refractivity contribution in [3.63, 3.8) is 0 Å². The van der Waals surface area contributed by atoms with Crippen molar-refractivity contribution in [3.05, 3.63) is 58.2 Å². The van der Waals surface area contributed by atoms with Crippen LogP contribution in [-0.4, -0.2) is 49.9 Å². The van der Waals surface area contributed by atoms with Crippen LogP contribution in [0.15, 0.2) is 45.5 Å². The van der Waals surface area contributed by atoms with Gasteiger partial charge in [-0.15, -0.1) is 0 Å². The molecule has 2 heterocycles. The number of carbonyl (C=O) groups excluding carboxylic acids is 2. The quantitative estimate of drug-likeness (QED) is 0.241. The number of nitrogens with two attached hydrogens (primary N) is 1. The fraction of sp³-hybridized carbons (Fsp3) is 0.273. The van der Waals surface area contributed by atoms with Gasteiger partial charge in [-0.05, 0) is 49.9 Å². The summed E-state index contributed by atoms with van der Waals surface area (Å²) in [5.41, 5.74) is 7.27. The molecule has 0 radical (unpaired) electrons. The van der Waals surface area contributed by atoms with Crippen LogP contribution in [0.25, 0.3) is 11.0 Å². The fourth-order valence-corrected chi connectivity index (χ4v) is 4.39. The molecular formula is C22H25N4O8PS. The maximum absolute atomic E-state index is 13.1. The highest BCUT2D eigenvalue weighted by molar-refractivity contribution is 8.17. The fourth-order valence-electron chi connectivity index (χ4n) is 3.19. The average molecular weight is 537 g/mol. The lowest BCUT2D eigenvalue weighted by Gasteiger charge is -2.22. The van der Waals surface area contributed by atoms with E-state index in [1.165, 1.54) is 18.2 Å². The van der Waals surface area contributed by atoms with Crippen molar-refractivity contribution in [1.82, 2.24) is 14.9 Å². The lowest BCUT2D eigenvalue weighted by Crippen LogP contribution is -2.22. The highest BCUT2D eigenvalue weighted by Crippen LogP contribution is 2.38. The molecule has 0 aliphatic carbocycles. The second-order valence-electron chi connectivity index (χ2n) is 7.55. The third-order valence-corrected chi connectivity index (χ3v) is 6.70. The van der Waals surface area contributed by atoms with E-state index in [4.69, 9.17) is 24.7 Å². The van der Waals surface area contributed by atoms with Crippen LogP contribution in [0.1, 0.15) is 35.3 Å². The maximum Gasteiger partial charge on any atom is 0.469 e. The van der Waals surface area contributed by atoms with Gasteiger partial charge in [-0.25, -0.2) is 14.5 Å². The summed E-state index contributed by atoms with van der Waals surface area (Å²) in [6, 6.07) is 6.66. The molecule has 1 amide bonds. The molecule has 0 fully saturated rings. The molecule has 192 valence electrons. The van der Waals surface area contributed by atoms with Gasteiger partial charge in [0.15, 0.2) is 5.76 Å². The number of aromatic nitrogens is 2. The molecule has 4 N–H and O–H groups in total. The van der Waals surface area contributed by atoms with Crippen LogP contribution in [0.5, 0.6) is 5.75 Å². The first-order valence-electron chi connectivity index (χ1n) is 10.5. The highest BCUT2D eigenvalue weighted by atomic mass is 32.2. The second-order valence-corrected chi connectivity index (χ2v) is 9.85. The molecule has 2 aromatic heterocycles. The average Bonchev–Trinajstić information content (AvgIpc) is 3.25. The number of aryl methyl sites for hydroxylation is 1. The number of phosphoric acid groups is 1. The van der Waals surface area contributed by atoms with Gasteiger partial charge in [-0.2, -0.15) is 0 Å². The number of ether oxygens (including phenoxy) is 1. The summed E-state index contributed by atoms with van der Waals surface area (Å²) >= 11 is 0.762. The summed E-state index contributed by atoms with van der Waals surface area (Å²) in [4.78, 5) is 52.9. The lowest BCUT2D eigenvalue weighted by molar-refractivity contribution is -0.116. The molecule has 0 bridgehead atoms. The summed E-state index contributed by atoms with van der Waals surface area (Å²) in [6.45, 7) is 2.90. The van der Waals surface area contributed by atoms with Gasteiger partial charge in [0, 0.05) is 34.2 Å². The van der Waals surface area contributed by atoms with Crippen LogP contribution < -0.4 is 10.5 Å². The molecule has 0 atom stereocenters. The van der Waals surface area contributed by atoms with E-state index in [2.05, 4.69) is 14.5 Å². The summed E-state index contributed by atoms with van der Waals surface area (Å²) in [5.74, 6) is 1.33. The summed E-state index contributed by atoms with van der Waals surface area (Å²) in [5, 5.41) is 0.189. The number of nitrogens with zero attached hydrogens (tertiary/aromatic N) is 3. The van der Waals surface area contributed by atoms with E-state index in [1.54, 1.807) is 38.1 Å². The van der Waals surface area contributed by atoms with Crippen LogP contribution in [-0.2, 0) is 20.4 Å². The molecule has 0 spiro atoms. The molecule has 0 aliphatic rings. The van der Waals surface area contributed by atoms with Crippen molar-refractivity contribution >= 4 is 47.9 Å². The first-order chi connectivity index (χ1) is 17.0. The van der Waals surface area contributed by atoms with Gasteiger partial charge in [-0.1, -0.05) is 0 Å². The number of carbonyl (C=O) groups is 2. The molecule has 3 rings (SSSR count). The predicted molar refractivity (Wildman–Crippen MR) is 133 cm³/mol. The van der Waals surface area contributed by atoms with Crippen molar-refractivity contribution in [3.8, 4) is 5.75 Å². The van der Waals surface area contributed by atoms with Crippen LogP contribution in [0.4, 0.5) is 5.82 Å². The Morgan fingerprint density at radius 1 is 1.33 bits per heavy atom. The smallest absolute Gasteiger partial charge is 0.469 e. The number of hydrogen-bond acceptors (Lipinski definition) is 10. The summed E-state index contributed by atoms with van der Waals surface area (Å²) in [6.07, 6.45) is 1.99. The molecule has 3 aromatic rings. The lowest BCUT2D eigenvalue weighted by atomic mass is 10.2. The summed E-state index contributed by atoms with van der Waals surface area (Å²) < 4.78 is 26.5. The number of thioether (sulfide) groups is 1. The minimum atomic E-state index is -4.73. The third kappa shape index (κ3) is 7.15. The van der Waals surface area contributed by atoms with Crippen LogP contribution in [0, 0.1) is 6.92 Å². The Morgan fingerprint density at radius 3 is 2.72 bits per heavy atom. The van der Waals surface area contributed by atoms with Crippen molar-refractivity contribution in [2.45, 2.75) is 26.8 Å². The molecule has 12 nitrogen and oxygen atoms in total. The number of hydrogen-bond donors (Lipinski definition) is 3. The van der Waals surface area contributed by atoms with Gasteiger partial charge in [-0.3, -0.25) is 14.1 Å². The van der Waals surface area contributed by atoms with Crippen LogP contribution in [0.3, 0.4) is 0 Å². The number of rotatable bonds is 11. The van der Waals surface area contributed by atoms with Crippen molar-refractivity contribution in [2.75, 3.05) is 19.5 Å². The predicted octanol–water partition coefficient (Wildman–Crippen LogP) is 3.38. The van der Waals surface area contributed by atoms with Gasteiger partial charge in [0.2, 0.25) is 6.41 Å². The van der Waals surface area contributed by atoms with E-state index >= 15 is 0 Å². The highest BCUT2D eigenvalue weighted by Gasteiger charge is 2.22. The number of anilines is 1. The first-order valence-corrected chi connectivity index (χ1v) is 12.8. The second kappa shape index (κ2) is 11.7. The normalized spacial score (nSPS) is 12.4. The van der Waals surface area contributed by atoms with Crippen LogP contribution >= 0.6 is 19.6 Å². The number of nitrogen functional groups attached to an aromatic ring is 1. The Hall–Kier alpha value is -3.22. The molecule has 14 heteroatoms. The molecule has 1 aromatic carbocycles. The number of methoxy groups -OCH3 is 1. The molecule has 0 aliphatic heterocycles. The van der Waals surface area contributed by atoms with Gasteiger partial charge in [0.05, 0.1) is 20.3 Å². The van der Waals surface area contributed by atoms with Gasteiger partial charge >= 0.3 is 7.82 Å². The van der Waals surface area contributed by atoms with E-state index in [-0.39, 0.29) is 24.5 Å². The molecular weight excluding hydrogens is 511 g/mol. The van der Waals surface area contributed by atoms with E-state index in [0.29, 0.717) is 45.1 Å². The number of allylic oxidation sites excluding steroid dienone is 1. The SMILES string of the molecule is COc1ccc2oc(C(=O)SC(CCOP(=O)(O)O)=C(C)N(C=O)Cc3cnc(C)nc3N)cc2c1. The van der Waals surface area contributed by atoms with E-state index < -0.39 is 19.5 Å². The maximum atomic E-state index is 13.1. The van der Waals surface area contributed by atoms with Gasteiger partial charge in [0.1, 0.15) is 23.0 Å². The standard InChI is InChI=1S/C22H25N4O8PS/c1-13(26(12-27)11-16-10-24-14(2)25-21(16)23)20(6-7-33-35(29,30)31)36-22(28)19-9-15-8-17(32-3)4-5-18(15)34-19/h4-5,8-10,12H,6-7,11H2,1-3H3,(H2,23,24,25)(H2,29,30,31). The van der Waals surface area contributed by atoms with Crippen LogP contribution in [0.2, 0.25) is 0 Å². The number of phosphoric ester groups is 1. The summed E-state index contributed by atoms with van der Waals surface area (Å²) in [7, 11) is -3.21. The number of furan rings is 1. The van der Waals surface area contributed by atoms with Gasteiger partial charge in [0.25, 0.3) is 5.12 Å². The number of amides is 1. The Labute approximate surface area is 210 Å². The molecule has 0 saturated heterocycles. The van der Waals surface area contributed by atoms with Crippen molar-refractivity contribution in [1.29, 1.82) is 0 Å². The Balaban J connectivity index is 1.89. The Kier molecular flexibility index (Phi) is 8.88. The third-order valence-electron chi connectivity index (χ3n) is 5.05. The zero-order valence-electron chi connectivity index (χ0n) is 19.7. The minimum absolute atomic E-state index is 0.0173. The van der Waals surface area contributed by atoms with E-state index in [0.717, 1.165) is 11.8 Å². The number of benzene rings is 1. The van der Waals surface area contributed by atoms with Gasteiger partial charge < -0.3 is 29.6 Å².